The summed E-state index contributed by atoms with van der Waals surface area (Å²) < 4.78 is 41.2. The molecule has 0 atom stereocenters. The Morgan fingerprint density at radius 3 is 2.54 bits per heavy atom. The normalized spacial score (nSPS) is 11.7. The van der Waals surface area contributed by atoms with E-state index in [1.165, 1.54) is 6.07 Å². The Bertz CT molecular complexity index is 1850. The molecule has 4 aromatic carbocycles. The molecule has 13 nitrogen and oxygen atoms in total. The number of nitrogens with one attached hydrogen (secondary N) is 2. The zero-order valence-electron chi connectivity index (χ0n) is 22.0. The number of carbonyl (C=O) groups excluding carboxylic acids is 1. The summed E-state index contributed by atoms with van der Waals surface area (Å²) in [5, 5.41) is 22.2. The third-order valence-corrected chi connectivity index (χ3v) is 7.59. The van der Waals surface area contributed by atoms with Crippen LogP contribution in [0.4, 0.5) is 0 Å². The summed E-state index contributed by atoms with van der Waals surface area (Å²) in [6, 6.07) is 14.0. The maximum atomic E-state index is 12.5. The van der Waals surface area contributed by atoms with Gasteiger partial charge in [0.2, 0.25) is 0 Å². The molecular formula is C27H28N8O5S. The van der Waals surface area contributed by atoms with Gasteiger partial charge in [0, 0.05) is 53.4 Å². The van der Waals surface area contributed by atoms with Crippen molar-refractivity contribution < 1.29 is 22.5 Å². The maximum absolute atomic E-state index is 12.5. The zero-order chi connectivity index (χ0) is 28.8. The van der Waals surface area contributed by atoms with Crippen molar-refractivity contribution in [2.24, 2.45) is 5.11 Å². The minimum atomic E-state index is -4.40. The van der Waals surface area contributed by atoms with Crippen LogP contribution in [0.15, 0.2) is 64.7 Å². The van der Waals surface area contributed by atoms with Gasteiger partial charge in [-0.05, 0) is 59.3 Å². The average Bonchev–Trinajstić information content (AvgIpc) is 3.42. The number of carbonyl (C=O) groups is 1. The van der Waals surface area contributed by atoms with Crippen LogP contribution in [0, 0.1) is 0 Å². The van der Waals surface area contributed by atoms with Crippen LogP contribution in [0.1, 0.15) is 18.5 Å². The topological polar surface area (TPSA) is 184 Å². The molecule has 0 fully saturated rings. The van der Waals surface area contributed by atoms with Crippen LogP contribution in [0.3, 0.4) is 0 Å². The molecule has 5 rings (SSSR count). The van der Waals surface area contributed by atoms with Gasteiger partial charge in [0.1, 0.15) is 10.6 Å². The summed E-state index contributed by atoms with van der Waals surface area (Å²) in [7, 11) is -4.40. The third kappa shape index (κ3) is 6.47. The molecule has 212 valence electrons. The number of ether oxygens (including phenoxy) is 1. The zero-order valence-corrected chi connectivity index (χ0v) is 22.8. The molecule has 0 bridgehead atoms. The molecule has 0 spiro atoms. The molecule has 41 heavy (non-hydrogen) atoms. The first-order valence-corrected chi connectivity index (χ1v) is 14.5. The number of azide groups is 1. The number of nitrogens with zero attached hydrogens (tertiary/aromatic N) is 6. The van der Waals surface area contributed by atoms with Gasteiger partial charge in [-0.25, -0.2) is 0 Å². The number of benzene rings is 4. The number of aryl methyl sites for hydroxylation is 1. The largest absolute Gasteiger partial charge is 0.483 e. The molecule has 0 saturated carbocycles. The average molecular weight is 577 g/mol. The summed E-state index contributed by atoms with van der Waals surface area (Å²) in [5.74, 6) is 0.231. The Morgan fingerprint density at radius 2 is 1.76 bits per heavy atom. The van der Waals surface area contributed by atoms with Crippen LogP contribution in [-0.4, -0.2) is 60.1 Å². The fourth-order valence-electron chi connectivity index (χ4n) is 4.83. The van der Waals surface area contributed by atoms with Gasteiger partial charge in [0.05, 0.1) is 5.69 Å². The Morgan fingerprint density at radius 1 is 1.02 bits per heavy atom. The van der Waals surface area contributed by atoms with E-state index in [9.17, 15) is 17.8 Å². The van der Waals surface area contributed by atoms with Gasteiger partial charge >= 0.3 is 0 Å². The van der Waals surface area contributed by atoms with E-state index in [1.807, 2.05) is 24.4 Å². The summed E-state index contributed by atoms with van der Waals surface area (Å²) in [6.07, 6.45) is 3.25. The number of hydrogen-bond donors (Lipinski definition) is 3. The summed E-state index contributed by atoms with van der Waals surface area (Å²) in [4.78, 5) is 15.0. The Kier molecular flexibility index (Phi) is 8.45. The standard InChI is InChI=1S/C27H28N8O5S/c28-33-31-13-1-11-29-15-20-16-35(34-32-20)14-2-12-30-25(36)17-40-23-9-5-18-3-4-19-6-10-24(41(37,38)39)22-8-7-21(23)26(18)27(19)22/h3-10,16,29H,1-2,11-15,17H2,(H,30,36)(H,37,38,39). The minimum Gasteiger partial charge on any atom is -0.483 e. The lowest BCUT2D eigenvalue weighted by Crippen LogP contribution is -2.30. The highest BCUT2D eigenvalue weighted by atomic mass is 32.2. The van der Waals surface area contributed by atoms with E-state index in [4.69, 9.17) is 10.3 Å². The summed E-state index contributed by atoms with van der Waals surface area (Å²) in [5.41, 5.74) is 9.07. The molecule has 14 heteroatoms. The second-order valence-electron chi connectivity index (χ2n) is 9.47. The lowest BCUT2D eigenvalue weighted by Gasteiger charge is -2.15. The van der Waals surface area contributed by atoms with Crippen molar-refractivity contribution in [3.63, 3.8) is 0 Å². The van der Waals surface area contributed by atoms with E-state index in [1.54, 1.807) is 28.9 Å². The molecule has 1 heterocycles. The van der Waals surface area contributed by atoms with E-state index < -0.39 is 10.1 Å². The van der Waals surface area contributed by atoms with Gasteiger partial charge < -0.3 is 15.4 Å². The van der Waals surface area contributed by atoms with Crippen molar-refractivity contribution in [1.82, 2.24) is 25.6 Å². The molecule has 1 aromatic heterocycles. The molecule has 0 saturated heterocycles. The van der Waals surface area contributed by atoms with Gasteiger partial charge in [0.15, 0.2) is 6.61 Å². The van der Waals surface area contributed by atoms with Crippen molar-refractivity contribution in [2.75, 3.05) is 26.2 Å². The summed E-state index contributed by atoms with van der Waals surface area (Å²) >= 11 is 0. The predicted octanol–water partition coefficient (Wildman–Crippen LogP) is 3.80. The highest BCUT2D eigenvalue weighted by molar-refractivity contribution is 7.86. The second kappa shape index (κ2) is 12.4. The van der Waals surface area contributed by atoms with Crippen LogP contribution in [0.25, 0.3) is 42.8 Å². The molecule has 1 amide bonds. The SMILES string of the molecule is [N-]=[N+]=NCCCNCc1cn(CCCNC(=O)COc2ccc3ccc4ccc(S(=O)(=O)O)c5ccc2c3c45)nn1. The molecule has 0 aliphatic carbocycles. The van der Waals surface area contributed by atoms with Crippen molar-refractivity contribution in [2.45, 2.75) is 30.8 Å². The van der Waals surface area contributed by atoms with Gasteiger partial charge in [0.25, 0.3) is 16.0 Å². The smallest absolute Gasteiger partial charge is 0.295 e. The molecule has 0 unspecified atom stereocenters. The fourth-order valence-corrected chi connectivity index (χ4v) is 5.51. The van der Waals surface area contributed by atoms with E-state index in [2.05, 4.69) is 31.0 Å². The van der Waals surface area contributed by atoms with Gasteiger partial charge in [-0.3, -0.25) is 14.0 Å². The molecule has 3 N–H and O–H groups in total. The Labute approximate surface area is 235 Å². The quantitative estimate of drug-likeness (QED) is 0.0445. The predicted molar refractivity (Wildman–Crippen MR) is 153 cm³/mol. The molecule has 0 aliphatic rings. The van der Waals surface area contributed by atoms with E-state index in [-0.39, 0.29) is 17.4 Å². The Hall–Kier alpha value is -4.49. The third-order valence-electron chi connectivity index (χ3n) is 6.67. The fraction of sp³-hybridized carbons (Fsp3) is 0.296. The summed E-state index contributed by atoms with van der Waals surface area (Å²) in [6.45, 7) is 2.57. The van der Waals surface area contributed by atoms with Crippen molar-refractivity contribution in [3.05, 3.63) is 70.9 Å². The van der Waals surface area contributed by atoms with Crippen molar-refractivity contribution in [1.29, 1.82) is 0 Å². The number of amides is 1. The van der Waals surface area contributed by atoms with E-state index in [0.717, 1.165) is 33.7 Å². The van der Waals surface area contributed by atoms with Crippen LogP contribution in [-0.2, 0) is 28.0 Å². The molecule has 0 radical (unpaired) electrons. The lowest BCUT2D eigenvalue weighted by molar-refractivity contribution is -0.123. The minimum absolute atomic E-state index is 0.150. The molecular weight excluding hydrogens is 548 g/mol. The van der Waals surface area contributed by atoms with Crippen LogP contribution in [0.2, 0.25) is 0 Å². The molecule has 5 aromatic rings. The first kappa shape index (κ1) is 28.1. The van der Waals surface area contributed by atoms with Crippen molar-refractivity contribution >= 4 is 48.3 Å². The maximum Gasteiger partial charge on any atom is 0.295 e. The number of rotatable bonds is 14. The lowest BCUT2D eigenvalue weighted by atomic mass is 9.94. The van der Waals surface area contributed by atoms with Crippen LogP contribution in [0.5, 0.6) is 5.75 Å². The van der Waals surface area contributed by atoms with E-state index in [0.29, 0.717) is 55.7 Å². The van der Waals surface area contributed by atoms with Gasteiger partial charge in [-0.1, -0.05) is 40.7 Å². The van der Waals surface area contributed by atoms with Crippen LogP contribution < -0.4 is 15.4 Å². The molecule has 0 aliphatic heterocycles. The first-order valence-electron chi connectivity index (χ1n) is 13.0. The highest BCUT2D eigenvalue weighted by Gasteiger charge is 2.19. The highest BCUT2D eigenvalue weighted by Crippen LogP contribution is 2.40. The second-order valence-corrected chi connectivity index (χ2v) is 10.9. The monoisotopic (exact) mass is 576 g/mol. The number of hydrogen-bond acceptors (Lipinski definition) is 8. The Balaban J connectivity index is 1.15. The van der Waals surface area contributed by atoms with Crippen LogP contribution >= 0.6 is 0 Å². The number of aromatic nitrogens is 3. The van der Waals surface area contributed by atoms with Gasteiger partial charge in [-0.15, -0.1) is 5.10 Å². The van der Waals surface area contributed by atoms with Gasteiger partial charge in [-0.2, -0.15) is 8.42 Å². The van der Waals surface area contributed by atoms with E-state index >= 15 is 0 Å². The van der Waals surface area contributed by atoms with Crippen molar-refractivity contribution in [3.8, 4) is 5.75 Å². The first-order chi connectivity index (χ1) is 19.8.